The number of carbonyl (C=O) groups excluding carboxylic acids is 2. The lowest BCUT2D eigenvalue weighted by Crippen LogP contribution is -2.42. The third-order valence-corrected chi connectivity index (χ3v) is 1.97. The molecule has 0 aliphatic carbocycles. The molecule has 0 spiro atoms. The van der Waals surface area contributed by atoms with Crippen LogP contribution in [0.25, 0.3) is 0 Å². The van der Waals surface area contributed by atoms with E-state index in [1.54, 1.807) is 41.5 Å². The summed E-state index contributed by atoms with van der Waals surface area (Å²) in [5.74, 6) is -1.20. The minimum atomic E-state index is -1.21. The van der Waals surface area contributed by atoms with Crippen molar-refractivity contribution in [3.05, 3.63) is 0 Å². The third-order valence-electron chi connectivity index (χ3n) is 1.97. The van der Waals surface area contributed by atoms with Crippen LogP contribution in [-0.2, 0) is 9.59 Å². The molecule has 0 aliphatic heterocycles. The largest absolute Gasteiger partial charge is 0.384 e. The Hall–Kier alpha value is -0.700. The lowest BCUT2D eigenvalue weighted by Gasteiger charge is -2.26. The topological polar surface area (TPSA) is 54.4 Å². The standard InChI is InChI=1S/C11H20O3/c1-10(2,3)8(13)7(12)9(14)11(4,5)6/h8,13H,1-6H3. The summed E-state index contributed by atoms with van der Waals surface area (Å²) in [4.78, 5) is 23.1. The first-order chi connectivity index (χ1) is 5.98. The molecule has 14 heavy (non-hydrogen) atoms. The third kappa shape index (κ3) is 3.22. The summed E-state index contributed by atoms with van der Waals surface area (Å²) in [7, 11) is 0. The number of aliphatic hydroxyl groups excluding tert-OH is 1. The SMILES string of the molecule is CC(C)(C)C(=O)C(=O)C(O)C(C)(C)C. The van der Waals surface area contributed by atoms with Crippen LogP contribution in [0.5, 0.6) is 0 Å². The summed E-state index contributed by atoms with van der Waals surface area (Å²) in [5, 5.41) is 9.62. The first-order valence-corrected chi connectivity index (χ1v) is 4.74. The van der Waals surface area contributed by atoms with Gasteiger partial charge in [0.05, 0.1) is 0 Å². The summed E-state index contributed by atoms with van der Waals surface area (Å²) in [6.45, 7) is 10.2. The lowest BCUT2D eigenvalue weighted by molar-refractivity contribution is -0.149. The lowest BCUT2D eigenvalue weighted by atomic mass is 9.80. The van der Waals surface area contributed by atoms with Gasteiger partial charge in [0.25, 0.3) is 0 Å². The fraction of sp³-hybridized carbons (Fsp3) is 0.818. The predicted molar refractivity (Wildman–Crippen MR) is 54.9 cm³/mol. The number of hydrogen-bond donors (Lipinski definition) is 1. The monoisotopic (exact) mass is 200 g/mol. The molecule has 0 saturated heterocycles. The molecular formula is C11H20O3. The fourth-order valence-corrected chi connectivity index (χ4v) is 0.887. The van der Waals surface area contributed by atoms with Gasteiger partial charge in [0.15, 0.2) is 0 Å². The summed E-state index contributed by atoms with van der Waals surface area (Å²) in [6, 6.07) is 0. The van der Waals surface area contributed by atoms with Gasteiger partial charge >= 0.3 is 0 Å². The molecule has 1 unspecified atom stereocenters. The highest BCUT2D eigenvalue weighted by Gasteiger charge is 2.37. The number of carbonyl (C=O) groups is 2. The number of aliphatic hydroxyl groups is 1. The second kappa shape index (κ2) is 3.81. The number of rotatable bonds is 2. The van der Waals surface area contributed by atoms with Crippen LogP contribution in [-0.4, -0.2) is 22.8 Å². The smallest absolute Gasteiger partial charge is 0.227 e. The van der Waals surface area contributed by atoms with Crippen LogP contribution in [0.4, 0.5) is 0 Å². The van der Waals surface area contributed by atoms with Gasteiger partial charge in [-0.1, -0.05) is 41.5 Å². The van der Waals surface area contributed by atoms with Crippen molar-refractivity contribution in [1.29, 1.82) is 0 Å². The Balaban J connectivity index is 4.75. The molecule has 82 valence electrons. The highest BCUT2D eigenvalue weighted by atomic mass is 16.3. The highest BCUT2D eigenvalue weighted by molar-refractivity contribution is 6.40. The first kappa shape index (κ1) is 13.3. The van der Waals surface area contributed by atoms with Crippen LogP contribution in [0, 0.1) is 10.8 Å². The van der Waals surface area contributed by atoms with E-state index in [-0.39, 0.29) is 0 Å². The maximum absolute atomic E-state index is 11.5. The minimum Gasteiger partial charge on any atom is -0.384 e. The highest BCUT2D eigenvalue weighted by Crippen LogP contribution is 2.23. The predicted octanol–water partition coefficient (Wildman–Crippen LogP) is 1.58. The van der Waals surface area contributed by atoms with Crippen LogP contribution in [0.2, 0.25) is 0 Å². The molecular weight excluding hydrogens is 180 g/mol. The Bertz CT molecular complexity index is 240. The summed E-state index contributed by atoms with van der Waals surface area (Å²) in [5.41, 5.74) is -1.30. The Morgan fingerprint density at radius 1 is 1.00 bits per heavy atom. The molecule has 3 heteroatoms. The van der Waals surface area contributed by atoms with Gasteiger partial charge in [-0.3, -0.25) is 9.59 Å². The molecule has 1 N–H and O–H groups in total. The number of Topliss-reactive ketones (excluding diaryl/α,β-unsaturated/α-hetero) is 2. The van der Waals surface area contributed by atoms with Crippen LogP contribution < -0.4 is 0 Å². The second-order valence-corrected chi connectivity index (χ2v) is 5.71. The molecule has 0 aromatic heterocycles. The molecule has 0 heterocycles. The Morgan fingerprint density at radius 3 is 1.57 bits per heavy atom. The maximum Gasteiger partial charge on any atom is 0.227 e. The van der Waals surface area contributed by atoms with Crippen molar-refractivity contribution < 1.29 is 14.7 Å². The normalized spacial score (nSPS) is 15.1. The van der Waals surface area contributed by atoms with Crippen LogP contribution in [0.1, 0.15) is 41.5 Å². The zero-order valence-electron chi connectivity index (χ0n) is 9.84. The molecule has 3 nitrogen and oxygen atoms in total. The molecule has 0 aromatic rings. The summed E-state index contributed by atoms with van der Waals surface area (Å²) in [6.07, 6.45) is -1.21. The summed E-state index contributed by atoms with van der Waals surface area (Å²) < 4.78 is 0. The van der Waals surface area contributed by atoms with Crippen molar-refractivity contribution in [1.82, 2.24) is 0 Å². The van der Waals surface area contributed by atoms with Crippen LogP contribution in [0.15, 0.2) is 0 Å². The van der Waals surface area contributed by atoms with E-state index >= 15 is 0 Å². The van der Waals surface area contributed by atoms with Crippen molar-refractivity contribution in [3.8, 4) is 0 Å². The zero-order chi connectivity index (χ0) is 11.7. The Kier molecular flexibility index (Phi) is 3.62. The van der Waals surface area contributed by atoms with Gasteiger partial charge in [-0.15, -0.1) is 0 Å². The number of ketones is 2. The van der Waals surface area contributed by atoms with Crippen molar-refractivity contribution in [3.63, 3.8) is 0 Å². The average molecular weight is 200 g/mol. The minimum absolute atomic E-state index is 0.514. The molecule has 0 radical (unpaired) electrons. The zero-order valence-corrected chi connectivity index (χ0v) is 9.84. The van der Waals surface area contributed by atoms with E-state index in [2.05, 4.69) is 0 Å². The van der Waals surface area contributed by atoms with Crippen LogP contribution >= 0.6 is 0 Å². The molecule has 0 amide bonds. The van der Waals surface area contributed by atoms with Gasteiger partial charge in [-0.2, -0.15) is 0 Å². The van der Waals surface area contributed by atoms with E-state index in [1.165, 1.54) is 0 Å². The quantitative estimate of drug-likeness (QED) is 0.688. The summed E-state index contributed by atoms with van der Waals surface area (Å²) >= 11 is 0. The van der Waals surface area contributed by atoms with E-state index in [0.29, 0.717) is 0 Å². The maximum atomic E-state index is 11.5. The van der Waals surface area contributed by atoms with E-state index in [0.717, 1.165) is 0 Å². The van der Waals surface area contributed by atoms with E-state index in [9.17, 15) is 14.7 Å². The molecule has 0 bridgehead atoms. The van der Waals surface area contributed by atoms with Crippen molar-refractivity contribution in [2.45, 2.75) is 47.6 Å². The molecule has 0 fully saturated rings. The molecule has 0 aromatic carbocycles. The van der Waals surface area contributed by atoms with Gasteiger partial charge in [-0.25, -0.2) is 0 Å². The number of hydrogen-bond acceptors (Lipinski definition) is 3. The van der Waals surface area contributed by atoms with Gasteiger partial charge in [-0.05, 0) is 5.41 Å². The molecule has 1 atom stereocenters. The average Bonchev–Trinajstić information content (AvgIpc) is 1.97. The van der Waals surface area contributed by atoms with Gasteiger partial charge in [0.1, 0.15) is 6.10 Å². The Morgan fingerprint density at radius 2 is 1.36 bits per heavy atom. The van der Waals surface area contributed by atoms with Crippen molar-refractivity contribution in [2.24, 2.45) is 10.8 Å². The van der Waals surface area contributed by atoms with Crippen LogP contribution in [0.3, 0.4) is 0 Å². The molecule has 0 aliphatic rings. The Labute approximate surface area is 85.5 Å². The molecule has 0 rings (SSSR count). The van der Waals surface area contributed by atoms with E-state index in [1.807, 2.05) is 0 Å². The van der Waals surface area contributed by atoms with E-state index < -0.39 is 28.5 Å². The van der Waals surface area contributed by atoms with E-state index in [4.69, 9.17) is 0 Å². The molecule has 0 saturated carbocycles. The second-order valence-electron chi connectivity index (χ2n) is 5.71. The van der Waals surface area contributed by atoms with Crippen molar-refractivity contribution in [2.75, 3.05) is 0 Å². The van der Waals surface area contributed by atoms with Crippen molar-refractivity contribution >= 4 is 11.6 Å². The van der Waals surface area contributed by atoms with Gasteiger partial charge in [0.2, 0.25) is 11.6 Å². The van der Waals surface area contributed by atoms with Gasteiger partial charge in [0, 0.05) is 5.41 Å². The fourth-order valence-electron chi connectivity index (χ4n) is 0.887. The van der Waals surface area contributed by atoms with Gasteiger partial charge < -0.3 is 5.11 Å². The first-order valence-electron chi connectivity index (χ1n) is 4.74.